The molecule has 3 nitrogen and oxygen atoms in total. The van der Waals surface area contributed by atoms with Crippen LogP contribution in [0.3, 0.4) is 0 Å². The van der Waals surface area contributed by atoms with E-state index in [1.807, 2.05) is 49.9 Å². The second kappa shape index (κ2) is 7.24. The Hall–Kier alpha value is -1.42. The molecule has 0 aliphatic heterocycles. The molecule has 1 aromatic carbocycles. The summed E-state index contributed by atoms with van der Waals surface area (Å²) in [5.74, 6) is 0.126. The van der Waals surface area contributed by atoms with Crippen LogP contribution in [0.1, 0.15) is 31.4 Å². The van der Waals surface area contributed by atoms with Gasteiger partial charge in [-0.1, -0.05) is 36.5 Å². The Bertz CT molecular complexity index is 457. The van der Waals surface area contributed by atoms with Gasteiger partial charge in [-0.15, -0.1) is 0 Å². The Morgan fingerprint density at radius 3 is 2.53 bits per heavy atom. The molecule has 0 bridgehead atoms. The van der Waals surface area contributed by atoms with Crippen LogP contribution in [0.15, 0.2) is 24.3 Å². The van der Waals surface area contributed by atoms with Crippen molar-refractivity contribution in [2.75, 3.05) is 6.54 Å². The van der Waals surface area contributed by atoms with Crippen molar-refractivity contribution in [1.82, 2.24) is 4.90 Å². The fraction of sp³-hybridized carbons (Fsp3) is 0.467. The molecule has 104 valence electrons. The summed E-state index contributed by atoms with van der Waals surface area (Å²) in [5, 5.41) is 0. The third kappa shape index (κ3) is 4.99. The van der Waals surface area contributed by atoms with E-state index >= 15 is 0 Å². The minimum Gasteiger partial charge on any atom is -0.393 e. The average molecular weight is 278 g/mol. The van der Waals surface area contributed by atoms with Gasteiger partial charge in [0.2, 0.25) is 5.91 Å². The first-order chi connectivity index (χ1) is 8.91. The van der Waals surface area contributed by atoms with Crippen LogP contribution in [0.4, 0.5) is 0 Å². The lowest BCUT2D eigenvalue weighted by molar-refractivity contribution is -0.132. The molecule has 1 aromatic rings. The maximum absolute atomic E-state index is 12.4. The van der Waals surface area contributed by atoms with E-state index in [0.717, 1.165) is 11.1 Å². The molecule has 4 heteroatoms. The lowest BCUT2D eigenvalue weighted by atomic mass is 10.0. The van der Waals surface area contributed by atoms with Gasteiger partial charge in [-0.25, -0.2) is 0 Å². The summed E-state index contributed by atoms with van der Waals surface area (Å²) >= 11 is 4.88. The topological polar surface area (TPSA) is 46.3 Å². The largest absolute Gasteiger partial charge is 0.393 e. The Morgan fingerprint density at radius 2 is 2.00 bits per heavy atom. The first-order valence-electron chi connectivity index (χ1n) is 6.54. The summed E-state index contributed by atoms with van der Waals surface area (Å²) < 4.78 is 0. The first kappa shape index (κ1) is 15.6. The zero-order chi connectivity index (χ0) is 14.4. The average Bonchev–Trinajstić information content (AvgIpc) is 2.31. The molecule has 0 fully saturated rings. The van der Waals surface area contributed by atoms with Gasteiger partial charge in [-0.05, 0) is 31.9 Å². The highest BCUT2D eigenvalue weighted by Gasteiger charge is 2.17. The molecule has 0 atom stereocenters. The van der Waals surface area contributed by atoms with Crippen LogP contribution >= 0.6 is 12.2 Å². The SMILES string of the molecule is Cc1ccccc1CC(=O)N(CCC(N)=S)C(C)C. The van der Waals surface area contributed by atoms with Gasteiger partial charge in [0.05, 0.1) is 11.4 Å². The van der Waals surface area contributed by atoms with Gasteiger partial charge in [0.15, 0.2) is 0 Å². The van der Waals surface area contributed by atoms with Gasteiger partial charge in [-0.3, -0.25) is 4.79 Å². The summed E-state index contributed by atoms with van der Waals surface area (Å²) in [4.78, 5) is 14.7. The third-order valence-electron chi connectivity index (χ3n) is 3.15. The van der Waals surface area contributed by atoms with Gasteiger partial charge in [0, 0.05) is 19.0 Å². The molecule has 0 spiro atoms. The van der Waals surface area contributed by atoms with E-state index in [-0.39, 0.29) is 11.9 Å². The number of aryl methyl sites for hydroxylation is 1. The minimum atomic E-state index is 0.126. The van der Waals surface area contributed by atoms with Crippen molar-refractivity contribution >= 4 is 23.1 Å². The lowest BCUT2D eigenvalue weighted by Gasteiger charge is -2.27. The fourth-order valence-corrected chi connectivity index (χ4v) is 2.07. The number of thiocarbonyl (C=S) groups is 1. The van der Waals surface area contributed by atoms with E-state index in [0.29, 0.717) is 24.4 Å². The predicted molar refractivity (Wildman–Crippen MR) is 83.1 cm³/mol. The Labute approximate surface area is 120 Å². The number of amides is 1. The van der Waals surface area contributed by atoms with Crippen LogP contribution in [-0.2, 0) is 11.2 Å². The van der Waals surface area contributed by atoms with Gasteiger partial charge < -0.3 is 10.6 Å². The van der Waals surface area contributed by atoms with Crippen molar-refractivity contribution in [3.05, 3.63) is 35.4 Å². The summed E-state index contributed by atoms with van der Waals surface area (Å²) in [6.07, 6.45) is 1.01. The molecular formula is C15H22N2OS. The summed E-state index contributed by atoms with van der Waals surface area (Å²) in [5.41, 5.74) is 7.74. The molecule has 0 heterocycles. The van der Waals surface area contributed by atoms with E-state index in [1.54, 1.807) is 0 Å². The number of hydrogen-bond donors (Lipinski definition) is 1. The van der Waals surface area contributed by atoms with Gasteiger partial charge in [-0.2, -0.15) is 0 Å². The standard InChI is InChI=1S/C15H22N2OS/c1-11(2)17(9-8-14(16)19)15(18)10-13-7-5-4-6-12(13)3/h4-7,11H,8-10H2,1-3H3,(H2,16,19). The quantitative estimate of drug-likeness (QED) is 0.813. The minimum absolute atomic E-state index is 0.126. The van der Waals surface area contributed by atoms with Crippen molar-refractivity contribution in [2.24, 2.45) is 5.73 Å². The van der Waals surface area contributed by atoms with Gasteiger partial charge in [0.1, 0.15) is 0 Å². The van der Waals surface area contributed by atoms with E-state index < -0.39 is 0 Å². The number of rotatable bonds is 6. The molecule has 0 radical (unpaired) electrons. The molecule has 0 aliphatic carbocycles. The smallest absolute Gasteiger partial charge is 0.227 e. The molecular weight excluding hydrogens is 256 g/mol. The first-order valence-corrected chi connectivity index (χ1v) is 6.95. The van der Waals surface area contributed by atoms with Crippen LogP contribution in [-0.4, -0.2) is 28.4 Å². The molecule has 0 aromatic heterocycles. The van der Waals surface area contributed by atoms with Crippen molar-refractivity contribution in [3.8, 4) is 0 Å². The van der Waals surface area contributed by atoms with Crippen LogP contribution in [0.25, 0.3) is 0 Å². The van der Waals surface area contributed by atoms with Crippen molar-refractivity contribution in [3.63, 3.8) is 0 Å². The normalized spacial score (nSPS) is 10.5. The highest BCUT2D eigenvalue weighted by molar-refractivity contribution is 7.80. The second-order valence-electron chi connectivity index (χ2n) is 5.00. The number of hydrogen-bond acceptors (Lipinski definition) is 2. The lowest BCUT2D eigenvalue weighted by Crippen LogP contribution is -2.39. The van der Waals surface area contributed by atoms with Gasteiger partial charge in [0.25, 0.3) is 0 Å². The zero-order valence-electron chi connectivity index (χ0n) is 11.8. The second-order valence-corrected chi connectivity index (χ2v) is 5.52. The Kier molecular flexibility index (Phi) is 5.96. The van der Waals surface area contributed by atoms with E-state index in [2.05, 4.69) is 0 Å². The summed E-state index contributed by atoms with van der Waals surface area (Å²) in [6, 6.07) is 8.13. The molecule has 0 aliphatic rings. The molecule has 0 saturated heterocycles. The van der Waals surface area contributed by atoms with Gasteiger partial charge >= 0.3 is 0 Å². The number of carbonyl (C=O) groups is 1. The van der Waals surface area contributed by atoms with E-state index in [4.69, 9.17) is 18.0 Å². The zero-order valence-corrected chi connectivity index (χ0v) is 12.7. The highest BCUT2D eigenvalue weighted by atomic mass is 32.1. The fourth-order valence-electron chi connectivity index (χ4n) is 1.97. The van der Waals surface area contributed by atoms with Crippen molar-refractivity contribution < 1.29 is 4.79 Å². The van der Waals surface area contributed by atoms with Crippen LogP contribution < -0.4 is 5.73 Å². The van der Waals surface area contributed by atoms with Crippen LogP contribution in [0, 0.1) is 6.92 Å². The van der Waals surface area contributed by atoms with E-state index in [9.17, 15) is 4.79 Å². The van der Waals surface area contributed by atoms with Crippen molar-refractivity contribution in [1.29, 1.82) is 0 Å². The number of carbonyl (C=O) groups excluding carboxylic acids is 1. The summed E-state index contributed by atoms with van der Waals surface area (Å²) in [6.45, 7) is 6.64. The maximum atomic E-state index is 12.4. The van der Waals surface area contributed by atoms with Crippen molar-refractivity contribution in [2.45, 2.75) is 39.7 Å². The number of nitrogens with two attached hydrogens (primary N) is 1. The number of nitrogens with zero attached hydrogens (tertiary/aromatic N) is 1. The monoisotopic (exact) mass is 278 g/mol. The third-order valence-corrected chi connectivity index (χ3v) is 3.35. The Morgan fingerprint density at radius 1 is 1.37 bits per heavy atom. The maximum Gasteiger partial charge on any atom is 0.227 e. The van der Waals surface area contributed by atoms with E-state index in [1.165, 1.54) is 0 Å². The summed E-state index contributed by atoms with van der Waals surface area (Å²) in [7, 11) is 0. The van der Waals surface area contributed by atoms with Crippen LogP contribution in [0.2, 0.25) is 0 Å². The highest BCUT2D eigenvalue weighted by Crippen LogP contribution is 2.11. The molecule has 1 rings (SSSR count). The molecule has 0 saturated carbocycles. The molecule has 19 heavy (non-hydrogen) atoms. The molecule has 2 N–H and O–H groups in total. The predicted octanol–water partition coefficient (Wildman–Crippen LogP) is 2.45. The molecule has 1 amide bonds. The number of benzene rings is 1. The molecule has 0 unspecified atom stereocenters. The Balaban J connectivity index is 2.72. The van der Waals surface area contributed by atoms with Crippen LogP contribution in [0.5, 0.6) is 0 Å².